The molecule has 0 bridgehead atoms. The molecule has 0 saturated carbocycles. The third-order valence-corrected chi connectivity index (χ3v) is 6.39. The van der Waals surface area contributed by atoms with Gasteiger partial charge in [0.05, 0.1) is 5.75 Å². The van der Waals surface area contributed by atoms with E-state index in [2.05, 4.69) is 21.2 Å². The van der Waals surface area contributed by atoms with E-state index >= 15 is 0 Å². The van der Waals surface area contributed by atoms with Crippen molar-refractivity contribution in [1.29, 1.82) is 0 Å². The van der Waals surface area contributed by atoms with Gasteiger partial charge in [0.2, 0.25) is 11.8 Å². The number of rotatable bonds is 10. The van der Waals surface area contributed by atoms with E-state index in [0.717, 1.165) is 16.5 Å². The van der Waals surface area contributed by atoms with Gasteiger partial charge < -0.3 is 10.2 Å². The lowest BCUT2D eigenvalue weighted by Crippen LogP contribution is -2.50. The Labute approximate surface area is 190 Å². The summed E-state index contributed by atoms with van der Waals surface area (Å²) in [5.74, 6) is 0.0947. The molecule has 0 spiro atoms. The molecule has 0 saturated heterocycles. The topological polar surface area (TPSA) is 49.4 Å². The molecule has 2 aromatic rings. The van der Waals surface area contributed by atoms with Crippen molar-refractivity contribution in [2.24, 2.45) is 0 Å². The summed E-state index contributed by atoms with van der Waals surface area (Å²) in [7, 11) is 0. The molecule has 7 heteroatoms. The highest BCUT2D eigenvalue weighted by atomic mass is 79.9. The lowest BCUT2D eigenvalue weighted by atomic mass is 10.1. The Bertz CT molecular complexity index is 847. The van der Waals surface area contributed by atoms with Crippen LogP contribution in [0, 0.1) is 5.82 Å². The minimum absolute atomic E-state index is 0.0112. The number of nitrogens with zero attached hydrogens (tertiary/aromatic N) is 1. The Kier molecular flexibility index (Phi) is 9.85. The van der Waals surface area contributed by atoms with Gasteiger partial charge in [-0.15, -0.1) is 11.8 Å². The van der Waals surface area contributed by atoms with Crippen LogP contribution in [-0.2, 0) is 21.9 Å². The van der Waals surface area contributed by atoms with Gasteiger partial charge in [0, 0.05) is 28.4 Å². The SMILES string of the molecule is CC[C@@H](C)NC(=O)[C@H](C)N(Cc1ccccc1F)C(=O)CSCc1ccc(Br)cc1. The Morgan fingerprint density at radius 1 is 1.13 bits per heavy atom. The number of carbonyl (C=O) groups is 2. The van der Waals surface area contributed by atoms with Gasteiger partial charge in [0.25, 0.3) is 0 Å². The highest BCUT2D eigenvalue weighted by molar-refractivity contribution is 9.10. The van der Waals surface area contributed by atoms with Crippen LogP contribution in [0.4, 0.5) is 4.39 Å². The van der Waals surface area contributed by atoms with Crippen LogP contribution in [0.1, 0.15) is 38.3 Å². The van der Waals surface area contributed by atoms with Gasteiger partial charge in [-0.25, -0.2) is 4.39 Å². The molecule has 0 aliphatic rings. The Morgan fingerprint density at radius 2 is 1.80 bits per heavy atom. The molecule has 2 amide bonds. The highest BCUT2D eigenvalue weighted by Gasteiger charge is 2.27. The molecule has 0 aliphatic carbocycles. The molecule has 4 nitrogen and oxygen atoms in total. The van der Waals surface area contributed by atoms with Gasteiger partial charge in [-0.2, -0.15) is 0 Å². The van der Waals surface area contributed by atoms with Crippen LogP contribution >= 0.6 is 27.7 Å². The molecule has 0 unspecified atom stereocenters. The first-order chi connectivity index (χ1) is 14.3. The molecule has 0 radical (unpaired) electrons. The van der Waals surface area contributed by atoms with Crippen LogP contribution in [0.3, 0.4) is 0 Å². The Balaban J connectivity index is 2.08. The van der Waals surface area contributed by atoms with E-state index in [4.69, 9.17) is 0 Å². The Hall–Kier alpha value is -1.86. The average molecular weight is 495 g/mol. The molecule has 0 aromatic heterocycles. The fourth-order valence-corrected chi connectivity index (χ4v) is 3.91. The summed E-state index contributed by atoms with van der Waals surface area (Å²) in [5, 5.41) is 2.91. The van der Waals surface area contributed by atoms with E-state index < -0.39 is 6.04 Å². The average Bonchev–Trinajstić information content (AvgIpc) is 2.73. The summed E-state index contributed by atoms with van der Waals surface area (Å²) in [4.78, 5) is 27.1. The van der Waals surface area contributed by atoms with Crippen LogP contribution in [0.2, 0.25) is 0 Å². The fourth-order valence-electron chi connectivity index (χ4n) is 2.78. The number of carbonyl (C=O) groups excluding carboxylic acids is 2. The van der Waals surface area contributed by atoms with Crippen LogP contribution in [0.15, 0.2) is 53.0 Å². The van der Waals surface area contributed by atoms with Crippen molar-refractivity contribution >= 4 is 39.5 Å². The van der Waals surface area contributed by atoms with Crippen molar-refractivity contribution in [3.63, 3.8) is 0 Å². The largest absolute Gasteiger partial charge is 0.352 e. The van der Waals surface area contributed by atoms with Gasteiger partial charge in [-0.3, -0.25) is 9.59 Å². The second-order valence-corrected chi connectivity index (χ2v) is 9.13. The zero-order valence-corrected chi connectivity index (χ0v) is 19.9. The van der Waals surface area contributed by atoms with Gasteiger partial charge in [0.1, 0.15) is 11.9 Å². The maximum atomic E-state index is 14.2. The summed E-state index contributed by atoms with van der Waals surface area (Å²) in [6.07, 6.45) is 0.794. The van der Waals surface area contributed by atoms with Gasteiger partial charge in [-0.05, 0) is 44.0 Å². The van der Waals surface area contributed by atoms with Crippen LogP contribution in [0.25, 0.3) is 0 Å². The zero-order chi connectivity index (χ0) is 22.1. The molecular formula is C23H28BrFN2O2S. The van der Waals surface area contributed by atoms with Crippen LogP contribution < -0.4 is 5.32 Å². The number of halogens is 2. The second-order valence-electron chi connectivity index (χ2n) is 7.23. The number of nitrogens with one attached hydrogen (secondary N) is 1. The lowest BCUT2D eigenvalue weighted by Gasteiger charge is -2.29. The van der Waals surface area contributed by atoms with Crippen molar-refractivity contribution in [2.45, 2.75) is 51.6 Å². The van der Waals surface area contributed by atoms with E-state index in [1.807, 2.05) is 38.1 Å². The molecular weight excluding hydrogens is 467 g/mol. The smallest absolute Gasteiger partial charge is 0.242 e. The number of amides is 2. The fraction of sp³-hybridized carbons (Fsp3) is 0.391. The first-order valence-corrected chi connectivity index (χ1v) is 11.9. The molecule has 162 valence electrons. The van der Waals surface area contributed by atoms with Gasteiger partial charge >= 0.3 is 0 Å². The minimum Gasteiger partial charge on any atom is -0.352 e. The third kappa shape index (κ3) is 7.43. The lowest BCUT2D eigenvalue weighted by molar-refractivity contribution is -0.139. The van der Waals surface area contributed by atoms with E-state index in [0.29, 0.717) is 11.3 Å². The quantitative estimate of drug-likeness (QED) is 0.496. The van der Waals surface area contributed by atoms with E-state index in [1.165, 1.54) is 22.7 Å². The maximum absolute atomic E-state index is 14.2. The zero-order valence-electron chi connectivity index (χ0n) is 17.5. The molecule has 30 heavy (non-hydrogen) atoms. The Morgan fingerprint density at radius 3 is 2.43 bits per heavy atom. The minimum atomic E-state index is -0.695. The van der Waals surface area contributed by atoms with Crippen molar-refractivity contribution in [1.82, 2.24) is 10.2 Å². The van der Waals surface area contributed by atoms with Crippen molar-refractivity contribution < 1.29 is 14.0 Å². The molecule has 2 atom stereocenters. The third-order valence-electron chi connectivity index (χ3n) is 4.87. The van der Waals surface area contributed by atoms with E-state index in [-0.39, 0.29) is 36.0 Å². The van der Waals surface area contributed by atoms with Crippen LogP contribution in [-0.4, -0.2) is 34.6 Å². The molecule has 1 N–H and O–H groups in total. The summed E-state index contributed by atoms with van der Waals surface area (Å²) < 4.78 is 15.2. The van der Waals surface area contributed by atoms with Crippen molar-refractivity contribution in [3.05, 3.63) is 69.9 Å². The normalized spacial score (nSPS) is 12.8. The number of thioether (sulfide) groups is 1. The number of hydrogen-bond acceptors (Lipinski definition) is 3. The highest BCUT2D eigenvalue weighted by Crippen LogP contribution is 2.19. The van der Waals surface area contributed by atoms with Gasteiger partial charge in [0.15, 0.2) is 0 Å². The first kappa shape index (κ1) is 24.4. The van der Waals surface area contributed by atoms with E-state index in [1.54, 1.807) is 25.1 Å². The standard InChI is InChI=1S/C23H28BrFN2O2S/c1-4-16(2)26-23(29)17(3)27(13-19-7-5-6-8-21(19)25)22(28)15-30-14-18-9-11-20(24)12-10-18/h5-12,16-17H,4,13-15H2,1-3H3,(H,26,29)/t16-,17+/m1/s1. The molecule has 2 aromatic carbocycles. The van der Waals surface area contributed by atoms with Crippen LogP contribution in [0.5, 0.6) is 0 Å². The second kappa shape index (κ2) is 12.1. The predicted molar refractivity (Wildman–Crippen MR) is 125 cm³/mol. The van der Waals surface area contributed by atoms with Gasteiger partial charge in [-0.1, -0.05) is 53.2 Å². The van der Waals surface area contributed by atoms with Crippen molar-refractivity contribution in [2.75, 3.05) is 5.75 Å². The summed E-state index contributed by atoms with van der Waals surface area (Å²) in [5.41, 5.74) is 1.51. The summed E-state index contributed by atoms with van der Waals surface area (Å²) >= 11 is 4.89. The van der Waals surface area contributed by atoms with E-state index in [9.17, 15) is 14.0 Å². The summed E-state index contributed by atoms with van der Waals surface area (Å²) in [6, 6.07) is 13.6. The molecule has 0 aliphatic heterocycles. The number of hydrogen-bond donors (Lipinski definition) is 1. The monoisotopic (exact) mass is 494 g/mol. The predicted octanol–water partition coefficient (Wildman–Crippen LogP) is 5.15. The molecule has 0 fully saturated rings. The summed E-state index contributed by atoms with van der Waals surface area (Å²) in [6.45, 7) is 5.65. The molecule has 2 rings (SSSR count). The first-order valence-electron chi connectivity index (χ1n) is 9.97. The van der Waals surface area contributed by atoms with Crippen molar-refractivity contribution in [3.8, 4) is 0 Å². The molecule has 0 heterocycles. The number of benzene rings is 2. The maximum Gasteiger partial charge on any atom is 0.242 e.